The molecule has 0 radical (unpaired) electrons. The van der Waals surface area contributed by atoms with Gasteiger partial charge in [-0.15, -0.1) is 0 Å². The van der Waals surface area contributed by atoms with Gasteiger partial charge in [0, 0.05) is 31.0 Å². The van der Waals surface area contributed by atoms with E-state index in [9.17, 15) is 4.79 Å². The first-order valence-corrected chi connectivity index (χ1v) is 9.93. The Hall–Kier alpha value is -2.83. The molecule has 0 atom stereocenters. The van der Waals surface area contributed by atoms with E-state index in [0.717, 1.165) is 24.3 Å². The molecule has 1 aromatic carbocycles. The van der Waals surface area contributed by atoms with Gasteiger partial charge in [-0.2, -0.15) is 4.98 Å². The van der Waals surface area contributed by atoms with Gasteiger partial charge in [-0.3, -0.25) is 0 Å². The van der Waals surface area contributed by atoms with Crippen LogP contribution in [0, 0.1) is 0 Å². The second-order valence-electron chi connectivity index (χ2n) is 7.27. The smallest absolute Gasteiger partial charge is 0.409 e. The number of benzene rings is 1. The molecule has 1 fully saturated rings. The molecule has 1 aliphatic rings. The van der Waals surface area contributed by atoms with Crippen LogP contribution in [0.4, 0.5) is 22.2 Å². The molecule has 0 bridgehead atoms. The molecule has 0 aliphatic carbocycles. The molecule has 2 aromatic rings. The molecule has 7 heteroatoms. The Morgan fingerprint density at radius 2 is 1.93 bits per heavy atom. The molecule has 28 heavy (non-hydrogen) atoms. The van der Waals surface area contributed by atoms with E-state index in [1.807, 2.05) is 13.0 Å². The van der Waals surface area contributed by atoms with Crippen LogP contribution >= 0.6 is 0 Å². The summed E-state index contributed by atoms with van der Waals surface area (Å²) in [5.41, 5.74) is 2.31. The van der Waals surface area contributed by atoms with Crippen LogP contribution in [0.5, 0.6) is 0 Å². The number of carbonyl (C=O) groups excluding carboxylic acids is 1. The second kappa shape index (κ2) is 9.39. The summed E-state index contributed by atoms with van der Waals surface area (Å²) in [6.45, 7) is 7.95. The quantitative estimate of drug-likeness (QED) is 0.771. The highest BCUT2D eigenvalue weighted by molar-refractivity contribution is 5.67. The predicted octanol–water partition coefficient (Wildman–Crippen LogP) is 4.38. The summed E-state index contributed by atoms with van der Waals surface area (Å²) in [5, 5.41) is 6.70. The number of aromatic nitrogens is 2. The predicted molar refractivity (Wildman–Crippen MR) is 111 cm³/mol. The number of piperidine rings is 1. The van der Waals surface area contributed by atoms with Gasteiger partial charge in [0.2, 0.25) is 5.95 Å². The number of ether oxygens (including phenoxy) is 1. The lowest BCUT2D eigenvalue weighted by molar-refractivity contribution is 0.0983. The normalized spacial score (nSPS) is 14.8. The molecule has 7 nitrogen and oxygen atoms in total. The lowest BCUT2D eigenvalue weighted by Gasteiger charge is -2.31. The van der Waals surface area contributed by atoms with Gasteiger partial charge in [0.05, 0.1) is 6.61 Å². The molecular formula is C21H29N5O2. The molecular weight excluding hydrogens is 354 g/mol. The first-order chi connectivity index (χ1) is 13.5. The molecule has 2 N–H and O–H groups in total. The lowest BCUT2D eigenvalue weighted by Crippen LogP contribution is -2.42. The van der Waals surface area contributed by atoms with E-state index in [0.29, 0.717) is 31.6 Å². The molecule has 3 rings (SSSR count). The van der Waals surface area contributed by atoms with Crippen molar-refractivity contribution in [3.8, 4) is 0 Å². The second-order valence-corrected chi connectivity index (χ2v) is 7.27. The minimum Gasteiger partial charge on any atom is -0.450 e. The van der Waals surface area contributed by atoms with Gasteiger partial charge in [0.25, 0.3) is 0 Å². The average Bonchev–Trinajstić information content (AvgIpc) is 2.69. The summed E-state index contributed by atoms with van der Waals surface area (Å²) >= 11 is 0. The number of rotatable bonds is 6. The molecule has 1 amide bonds. The summed E-state index contributed by atoms with van der Waals surface area (Å²) in [7, 11) is 0. The number of hydrogen-bond acceptors (Lipinski definition) is 6. The number of anilines is 3. The fourth-order valence-electron chi connectivity index (χ4n) is 3.20. The minimum atomic E-state index is -0.230. The van der Waals surface area contributed by atoms with Crippen LogP contribution in [0.2, 0.25) is 0 Å². The van der Waals surface area contributed by atoms with Crippen molar-refractivity contribution in [2.45, 2.75) is 45.6 Å². The van der Waals surface area contributed by atoms with Crippen LogP contribution in [-0.4, -0.2) is 46.7 Å². The maximum absolute atomic E-state index is 11.8. The van der Waals surface area contributed by atoms with E-state index in [1.54, 1.807) is 11.1 Å². The van der Waals surface area contributed by atoms with E-state index in [4.69, 9.17) is 4.74 Å². The summed E-state index contributed by atoms with van der Waals surface area (Å²) < 4.78 is 5.06. The van der Waals surface area contributed by atoms with Crippen molar-refractivity contribution < 1.29 is 9.53 Å². The van der Waals surface area contributed by atoms with Crippen LogP contribution in [0.3, 0.4) is 0 Å². The molecule has 0 spiro atoms. The molecule has 0 saturated carbocycles. The van der Waals surface area contributed by atoms with E-state index in [-0.39, 0.29) is 12.1 Å². The van der Waals surface area contributed by atoms with Gasteiger partial charge in [-0.25, -0.2) is 9.78 Å². The molecule has 150 valence electrons. The van der Waals surface area contributed by atoms with Crippen LogP contribution in [0.25, 0.3) is 0 Å². The molecule has 0 unspecified atom stereocenters. The van der Waals surface area contributed by atoms with Gasteiger partial charge in [-0.05, 0) is 49.4 Å². The zero-order chi connectivity index (χ0) is 19.9. The number of nitrogens with zero attached hydrogens (tertiary/aromatic N) is 3. The molecule has 2 heterocycles. The van der Waals surface area contributed by atoms with Crippen molar-refractivity contribution in [3.63, 3.8) is 0 Å². The van der Waals surface area contributed by atoms with E-state index < -0.39 is 0 Å². The molecule has 1 aliphatic heterocycles. The molecule has 1 saturated heterocycles. The Morgan fingerprint density at radius 3 is 2.57 bits per heavy atom. The highest BCUT2D eigenvalue weighted by Gasteiger charge is 2.23. The Bertz CT molecular complexity index is 771. The maximum Gasteiger partial charge on any atom is 0.409 e. The van der Waals surface area contributed by atoms with E-state index in [1.165, 1.54) is 5.56 Å². The fraction of sp³-hybridized carbons (Fsp3) is 0.476. The Balaban J connectivity index is 1.54. The first-order valence-electron chi connectivity index (χ1n) is 9.93. The third-order valence-electron chi connectivity index (χ3n) is 4.86. The van der Waals surface area contributed by atoms with E-state index >= 15 is 0 Å². The highest BCUT2D eigenvalue weighted by Crippen LogP contribution is 2.21. The van der Waals surface area contributed by atoms with Crippen molar-refractivity contribution in [3.05, 3.63) is 42.1 Å². The Morgan fingerprint density at radius 1 is 1.21 bits per heavy atom. The van der Waals surface area contributed by atoms with Crippen molar-refractivity contribution in [1.82, 2.24) is 14.9 Å². The van der Waals surface area contributed by atoms with Crippen LogP contribution in [0.15, 0.2) is 36.5 Å². The number of hydrogen-bond donors (Lipinski definition) is 2. The maximum atomic E-state index is 11.8. The number of likely N-dealkylation sites (tertiary alicyclic amines) is 1. The van der Waals surface area contributed by atoms with Crippen LogP contribution < -0.4 is 10.6 Å². The summed E-state index contributed by atoms with van der Waals surface area (Å²) in [5.74, 6) is 1.86. The van der Waals surface area contributed by atoms with Gasteiger partial charge in [0.15, 0.2) is 0 Å². The average molecular weight is 383 g/mol. The lowest BCUT2D eigenvalue weighted by atomic mass is 10.0. The number of amides is 1. The van der Waals surface area contributed by atoms with Gasteiger partial charge >= 0.3 is 6.09 Å². The van der Waals surface area contributed by atoms with Crippen molar-refractivity contribution in [1.29, 1.82) is 0 Å². The van der Waals surface area contributed by atoms with Gasteiger partial charge in [0.1, 0.15) is 5.82 Å². The molecule has 1 aromatic heterocycles. The largest absolute Gasteiger partial charge is 0.450 e. The summed E-state index contributed by atoms with van der Waals surface area (Å²) in [6, 6.07) is 10.5. The fourth-order valence-corrected chi connectivity index (χ4v) is 3.20. The topological polar surface area (TPSA) is 79.4 Å². The SMILES string of the molecule is CCOC(=O)N1CCC(Nc2nccc(Nc3ccc(C(C)C)cc3)n2)CC1. The zero-order valence-corrected chi connectivity index (χ0v) is 16.8. The Kier molecular flexibility index (Phi) is 6.68. The van der Waals surface area contributed by atoms with Crippen molar-refractivity contribution in [2.75, 3.05) is 30.3 Å². The van der Waals surface area contributed by atoms with Gasteiger partial charge in [-0.1, -0.05) is 26.0 Å². The standard InChI is InChI=1S/C21H29N5O2/c1-4-28-21(27)26-13-10-18(11-14-26)24-20-22-12-9-19(25-20)23-17-7-5-16(6-8-17)15(2)3/h5-9,12,15,18H,4,10-11,13-14H2,1-3H3,(H2,22,23,24,25). The summed E-state index contributed by atoms with van der Waals surface area (Å²) in [4.78, 5) is 22.4. The third kappa shape index (κ3) is 5.34. The van der Waals surface area contributed by atoms with Crippen LogP contribution in [-0.2, 0) is 4.74 Å². The number of nitrogens with one attached hydrogen (secondary N) is 2. The van der Waals surface area contributed by atoms with E-state index in [2.05, 4.69) is 58.7 Å². The van der Waals surface area contributed by atoms with Gasteiger partial charge < -0.3 is 20.3 Å². The van der Waals surface area contributed by atoms with Crippen LogP contribution in [0.1, 0.15) is 45.1 Å². The monoisotopic (exact) mass is 383 g/mol. The third-order valence-corrected chi connectivity index (χ3v) is 4.86. The summed E-state index contributed by atoms with van der Waals surface area (Å²) in [6.07, 6.45) is 3.20. The first kappa shape index (κ1) is 19.9. The van der Waals surface area contributed by atoms with Crippen molar-refractivity contribution in [2.24, 2.45) is 0 Å². The Labute approximate surface area is 166 Å². The number of carbonyl (C=O) groups is 1. The zero-order valence-electron chi connectivity index (χ0n) is 16.8. The highest BCUT2D eigenvalue weighted by atomic mass is 16.6. The minimum absolute atomic E-state index is 0.230. The van der Waals surface area contributed by atoms with Crippen molar-refractivity contribution >= 4 is 23.5 Å².